The van der Waals surface area contributed by atoms with Crippen molar-refractivity contribution in [2.45, 2.75) is 44.1 Å². The van der Waals surface area contributed by atoms with Crippen LogP contribution in [0.5, 0.6) is 0 Å². The third-order valence-electron chi connectivity index (χ3n) is 6.89. The van der Waals surface area contributed by atoms with Gasteiger partial charge in [-0.2, -0.15) is 9.41 Å². The van der Waals surface area contributed by atoms with E-state index in [2.05, 4.69) is 15.4 Å². The maximum Gasteiger partial charge on any atom is 0.263 e. The SMILES string of the molecule is CN=CC(=NN)S(=O)(=O)N1CCN(C2(CNC(=O)c3ccc(C)c(F)c3Cl)CCC(F)(F)CC2)CC1. The molecular formula is C22H30ClF3N6O3S. The molecule has 3 N–H and O–H groups in total. The zero-order valence-electron chi connectivity index (χ0n) is 20.1. The summed E-state index contributed by atoms with van der Waals surface area (Å²) in [7, 11) is -2.56. The number of aliphatic imine (C=N–C) groups is 1. The number of carbonyl (C=O) groups is 1. The topological polar surface area (TPSA) is 120 Å². The first kappa shape index (κ1) is 28.4. The number of aryl methyl sites for hydroxylation is 1. The third kappa shape index (κ3) is 5.84. The fourth-order valence-electron chi connectivity index (χ4n) is 4.66. The van der Waals surface area contributed by atoms with Crippen molar-refractivity contribution >= 4 is 38.8 Å². The van der Waals surface area contributed by atoms with Gasteiger partial charge in [0, 0.05) is 58.2 Å². The van der Waals surface area contributed by atoms with E-state index in [1.165, 1.54) is 30.4 Å². The van der Waals surface area contributed by atoms with Crippen LogP contribution in [0, 0.1) is 12.7 Å². The molecule has 36 heavy (non-hydrogen) atoms. The first-order valence-corrected chi connectivity index (χ1v) is 13.2. The second-order valence-electron chi connectivity index (χ2n) is 9.07. The summed E-state index contributed by atoms with van der Waals surface area (Å²) in [6.07, 6.45) is 0.527. The lowest BCUT2D eigenvalue weighted by Gasteiger charge is -2.50. The molecule has 1 aliphatic carbocycles. The monoisotopic (exact) mass is 550 g/mol. The molecule has 2 aliphatic rings. The number of hydrazone groups is 1. The Bertz CT molecular complexity index is 1140. The zero-order valence-corrected chi connectivity index (χ0v) is 21.7. The van der Waals surface area contributed by atoms with E-state index >= 15 is 0 Å². The van der Waals surface area contributed by atoms with E-state index in [4.69, 9.17) is 17.4 Å². The molecule has 0 aromatic heterocycles. The van der Waals surface area contributed by atoms with E-state index in [1.807, 2.05) is 4.90 Å². The van der Waals surface area contributed by atoms with Gasteiger partial charge in [-0.1, -0.05) is 17.7 Å². The molecule has 0 atom stereocenters. The van der Waals surface area contributed by atoms with Gasteiger partial charge >= 0.3 is 0 Å². The summed E-state index contributed by atoms with van der Waals surface area (Å²) < 4.78 is 69.1. The van der Waals surface area contributed by atoms with Crippen LogP contribution in [0.15, 0.2) is 22.2 Å². The molecular weight excluding hydrogens is 521 g/mol. The zero-order chi connectivity index (χ0) is 26.7. The number of amides is 1. The van der Waals surface area contributed by atoms with E-state index in [0.29, 0.717) is 5.56 Å². The van der Waals surface area contributed by atoms with E-state index in [9.17, 15) is 26.4 Å². The minimum Gasteiger partial charge on any atom is -0.350 e. The Morgan fingerprint density at radius 2 is 1.81 bits per heavy atom. The number of rotatable bonds is 6. The summed E-state index contributed by atoms with van der Waals surface area (Å²) in [6, 6.07) is 2.85. The predicted octanol–water partition coefficient (Wildman–Crippen LogP) is 2.39. The number of alkyl halides is 2. The van der Waals surface area contributed by atoms with Gasteiger partial charge in [0.15, 0.2) is 0 Å². The smallest absolute Gasteiger partial charge is 0.263 e. The van der Waals surface area contributed by atoms with E-state index in [0.717, 1.165) is 6.21 Å². The van der Waals surface area contributed by atoms with Gasteiger partial charge in [-0.15, -0.1) is 0 Å². The van der Waals surface area contributed by atoms with Gasteiger partial charge in [-0.3, -0.25) is 14.7 Å². The third-order valence-corrected chi connectivity index (χ3v) is 9.04. The lowest BCUT2D eigenvalue weighted by Crippen LogP contribution is -2.63. The predicted molar refractivity (Wildman–Crippen MR) is 133 cm³/mol. The molecule has 0 unspecified atom stereocenters. The van der Waals surface area contributed by atoms with Crippen molar-refractivity contribution in [2.24, 2.45) is 15.9 Å². The molecule has 3 rings (SSSR count). The maximum atomic E-state index is 14.2. The number of nitrogens with zero attached hydrogens (tertiary/aromatic N) is 4. The van der Waals surface area contributed by atoms with E-state index in [1.54, 1.807) is 0 Å². The highest BCUT2D eigenvalue weighted by atomic mass is 35.5. The first-order chi connectivity index (χ1) is 16.9. The number of hydrogen-bond acceptors (Lipinski definition) is 7. The van der Waals surface area contributed by atoms with Crippen LogP contribution >= 0.6 is 11.6 Å². The standard InChI is InChI=1S/C22H30ClF3N6O3S/c1-15-3-4-16(18(23)19(15)24)20(33)29-14-21(5-7-22(25,26)8-6-21)31-9-11-32(12-10-31)36(34,35)17(30-27)13-28-2/h3-4,13H,5-12,14,27H2,1-2H3,(H,29,33). The van der Waals surface area contributed by atoms with Crippen LogP contribution in [0.4, 0.5) is 13.2 Å². The van der Waals surface area contributed by atoms with Crippen molar-refractivity contribution in [3.63, 3.8) is 0 Å². The number of nitrogens with one attached hydrogen (secondary N) is 1. The van der Waals surface area contributed by atoms with Crippen LogP contribution in [0.2, 0.25) is 5.02 Å². The molecule has 1 amide bonds. The normalized spacial score (nSPS) is 21.6. The van der Waals surface area contributed by atoms with Gasteiger partial charge in [-0.05, 0) is 31.4 Å². The molecule has 2 fully saturated rings. The van der Waals surface area contributed by atoms with Crippen molar-refractivity contribution in [2.75, 3.05) is 39.8 Å². The van der Waals surface area contributed by atoms with Gasteiger partial charge in [0.25, 0.3) is 15.9 Å². The minimum absolute atomic E-state index is 0.0263. The molecule has 0 bridgehead atoms. The van der Waals surface area contributed by atoms with Gasteiger partial charge in [0.05, 0.1) is 16.8 Å². The van der Waals surface area contributed by atoms with Crippen molar-refractivity contribution in [3.8, 4) is 0 Å². The molecule has 0 radical (unpaired) electrons. The Balaban J connectivity index is 1.77. The van der Waals surface area contributed by atoms with Crippen molar-refractivity contribution in [1.29, 1.82) is 0 Å². The highest BCUT2D eigenvalue weighted by molar-refractivity contribution is 8.06. The molecule has 1 aromatic rings. The van der Waals surface area contributed by atoms with Gasteiger partial charge in [0.1, 0.15) is 5.82 Å². The summed E-state index contributed by atoms with van der Waals surface area (Å²) in [6.45, 7) is 2.22. The molecule has 1 saturated carbocycles. The number of hydrogen-bond donors (Lipinski definition) is 2. The first-order valence-electron chi connectivity index (χ1n) is 11.4. The summed E-state index contributed by atoms with van der Waals surface area (Å²) in [4.78, 5) is 18.4. The van der Waals surface area contributed by atoms with E-state index in [-0.39, 0.29) is 74.0 Å². The van der Waals surface area contributed by atoms with Crippen LogP contribution in [0.3, 0.4) is 0 Å². The second-order valence-corrected chi connectivity index (χ2v) is 11.3. The molecule has 200 valence electrons. The maximum absolute atomic E-state index is 14.2. The van der Waals surface area contributed by atoms with Crippen molar-refractivity contribution in [1.82, 2.24) is 14.5 Å². The van der Waals surface area contributed by atoms with Crippen LogP contribution in [-0.2, 0) is 10.0 Å². The number of sulfonamides is 1. The molecule has 1 saturated heterocycles. The number of piperazine rings is 1. The van der Waals surface area contributed by atoms with Crippen LogP contribution < -0.4 is 11.2 Å². The van der Waals surface area contributed by atoms with Gasteiger partial charge < -0.3 is 11.2 Å². The summed E-state index contributed by atoms with van der Waals surface area (Å²) in [5.74, 6) is 1.11. The van der Waals surface area contributed by atoms with Crippen LogP contribution in [0.1, 0.15) is 41.6 Å². The fraction of sp³-hybridized carbons (Fsp3) is 0.591. The molecule has 9 nitrogen and oxygen atoms in total. The van der Waals surface area contributed by atoms with Crippen LogP contribution in [-0.4, -0.2) is 86.0 Å². The number of benzene rings is 1. The van der Waals surface area contributed by atoms with Crippen molar-refractivity contribution < 1.29 is 26.4 Å². The highest BCUT2D eigenvalue weighted by Crippen LogP contribution is 2.42. The highest BCUT2D eigenvalue weighted by Gasteiger charge is 2.48. The molecule has 1 heterocycles. The fourth-order valence-corrected chi connectivity index (χ4v) is 6.24. The molecule has 14 heteroatoms. The Morgan fingerprint density at radius 3 is 2.36 bits per heavy atom. The number of nitrogens with two attached hydrogens (primary N) is 1. The summed E-state index contributed by atoms with van der Waals surface area (Å²) in [5.41, 5.74) is -0.569. The molecule has 1 aliphatic heterocycles. The number of carbonyl (C=O) groups excluding carboxylic acids is 1. The van der Waals surface area contributed by atoms with E-state index < -0.39 is 33.2 Å². The lowest BCUT2D eigenvalue weighted by atomic mass is 9.78. The Labute approximate surface area is 213 Å². The molecule has 1 aromatic carbocycles. The summed E-state index contributed by atoms with van der Waals surface area (Å²) >= 11 is 6.02. The lowest BCUT2D eigenvalue weighted by molar-refractivity contribution is -0.0855. The Kier molecular flexibility index (Phi) is 8.69. The van der Waals surface area contributed by atoms with Crippen molar-refractivity contribution in [3.05, 3.63) is 34.1 Å². The summed E-state index contributed by atoms with van der Waals surface area (Å²) in [5, 5.41) is 5.38. The Hall–Kier alpha value is -2.22. The average Bonchev–Trinajstić information content (AvgIpc) is 2.85. The van der Waals surface area contributed by atoms with Gasteiger partial charge in [-0.25, -0.2) is 21.6 Å². The van der Waals surface area contributed by atoms with Gasteiger partial charge in [0.2, 0.25) is 11.0 Å². The molecule has 0 spiro atoms. The minimum atomic E-state index is -3.96. The average molecular weight is 551 g/mol. The number of halogens is 4. The second kappa shape index (κ2) is 11.0. The quantitative estimate of drug-likeness (QED) is 0.244. The van der Waals surface area contributed by atoms with Crippen LogP contribution in [0.25, 0.3) is 0 Å². The largest absolute Gasteiger partial charge is 0.350 e. The Morgan fingerprint density at radius 1 is 1.19 bits per heavy atom.